The Kier molecular flexibility index (Phi) is 7.53. The van der Waals surface area contributed by atoms with Crippen LogP contribution in [0.5, 0.6) is 17.2 Å². The van der Waals surface area contributed by atoms with E-state index in [4.69, 9.17) is 14.2 Å². The van der Waals surface area contributed by atoms with Crippen LogP contribution in [0.2, 0.25) is 0 Å². The molecule has 1 amide bonds. The van der Waals surface area contributed by atoms with Crippen LogP contribution >= 0.6 is 0 Å². The van der Waals surface area contributed by atoms with Crippen molar-refractivity contribution in [1.29, 1.82) is 0 Å². The minimum atomic E-state index is -0.0398. The van der Waals surface area contributed by atoms with Crippen molar-refractivity contribution < 1.29 is 19.0 Å². The molecule has 0 aliphatic rings. The van der Waals surface area contributed by atoms with Gasteiger partial charge in [-0.1, -0.05) is 26.0 Å². The minimum absolute atomic E-state index is 0.0398. The summed E-state index contributed by atoms with van der Waals surface area (Å²) in [5, 5.41) is 0. The van der Waals surface area contributed by atoms with Crippen LogP contribution in [0.4, 0.5) is 0 Å². The predicted molar refractivity (Wildman–Crippen MR) is 107 cm³/mol. The van der Waals surface area contributed by atoms with Gasteiger partial charge in [-0.05, 0) is 48.7 Å². The number of nitrogens with zero attached hydrogens (tertiary/aromatic N) is 1. The molecule has 0 radical (unpaired) electrons. The molecule has 0 aliphatic carbocycles. The molecule has 0 aromatic heterocycles. The number of hydrogen-bond donors (Lipinski definition) is 0. The zero-order valence-corrected chi connectivity index (χ0v) is 16.8. The van der Waals surface area contributed by atoms with Crippen molar-refractivity contribution >= 4 is 5.91 Å². The number of ether oxygens (including phenoxy) is 3. The first-order valence-corrected chi connectivity index (χ1v) is 9.21. The summed E-state index contributed by atoms with van der Waals surface area (Å²) in [7, 11) is 3.22. The van der Waals surface area contributed by atoms with Crippen molar-refractivity contribution in [3.05, 3.63) is 53.6 Å². The standard InChI is InChI=1S/C22H29NO4/c1-6-23(14-17-7-10-19(25-4)11-8-17)22(24)18-9-12-20(21(13-18)26-5)27-15-16(2)3/h7-13,16H,6,14-15H2,1-5H3. The number of carbonyl (C=O) groups excluding carboxylic acids is 1. The Bertz CT molecular complexity index is 740. The molecule has 0 saturated heterocycles. The lowest BCUT2D eigenvalue weighted by Crippen LogP contribution is -2.30. The average Bonchev–Trinajstić information content (AvgIpc) is 2.70. The van der Waals surface area contributed by atoms with E-state index in [0.717, 1.165) is 11.3 Å². The highest BCUT2D eigenvalue weighted by atomic mass is 16.5. The van der Waals surface area contributed by atoms with Crippen molar-refractivity contribution in [2.75, 3.05) is 27.4 Å². The summed E-state index contributed by atoms with van der Waals surface area (Å²) >= 11 is 0. The third-order valence-electron chi connectivity index (χ3n) is 4.18. The fraction of sp³-hybridized carbons (Fsp3) is 0.409. The molecule has 0 N–H and O–H groups in total. The molecule has 0 heterocycles. The summed E-state index contributed by atoms with van der Waals surface area (Å²) in [5.41, 5.74) is 1.63. The molecule has 0 aliphatic heterocycles. The van der Waals surface area contributed by atoms with E-state index < -0.39 is 0 Å². The van der Waals surface area contributed by atoms with Gasteiger partial charge in [-0.3, -0.25) is 4.79 Å². The number of benzene rings is 2. The van der Waals surface area contributed by atoms with Crippen molar-refractivity contribution in [2.24, 2.45) is 5.92 Å². The molecule has 146 valence electrons. The molecule has 5 heteroatoms. The molecule has 2 rings (SSSR count). The van der Waals surface area contributed by atoms with Crippen LogP contribution in [0, 0.1) is 5.92 Å². The second-order valence-corrected chi connectivity index (χ2v) is 6.74. The maximum absolute atomic E-state index is 13.0. The maximum Gasteiger partial charge on any atom is 0.254 e. The molecule has 0 fully saturated rings. The van der Waals surface area contributed by atoms with Crippen LogP contribution in [0.3, 0.4) is 0 Å². The predicted octanol–water partition coefficient (Wildman–Crippen LogP) is 4.40. The molecule has 5 nitrogen and oxygen atoms in total. The first kappa shape index (κ1) is 20.6. The fourth-order valence-corrected chi connectivity index (χ4v) is 2.64. The first-order valence-electron chi connectivity index (χ1n) is 9.21. The minimum Gasteiger partial charge on any atom is -0.497 e. The number of carbonyl (C=O) groups is 1. The highest BCUT2D eigenvalue weighted by Crippen LogP contribution is 2.29. The smallest absolute Gasteiger partial charge is 0.254 e. The van der Waals surface area contributed by atoms with Crippen LogP contribution in [0.1, 0.15) is 36.7 Å². The van der Waals surface area contributed by atoms with E-state index in [9.17, 15) is 4.79 Å². The Morgan fingerprint density at radius 3 is 2.26 bits per heavy atom. The van der Waals surface area contributed by atoms with Crippen LogP contribution < -0.4 is 14.2 Å². The van der Waals surface area contributed by atoms with E-state index in [1.54, 1.807) is 37.3 Å². The SMILES string of the molecule is CCN(Cc1ccc(OC)cc1)C(=O)c1ccc(OCC(C)C)c(OC)c1. The lowest BCUT2D eigenvalue weighted by atomic mass is 10.1. The highest BCUT2D eigenvalue weighted by Gasteiger charge is 2.17. The maximum atomic E-state index is 13.0. The van der Waals surface area contributed by atoms with Gasteiger partial charge >= 0.3 is 0 Å². The van der Waals surface area contributed by atoms with Crippen LogP contribution in [0.15, 0.2) is 42.5 Å². The van der Waals surface area contributed by atoms with Gasteiger partial charge in [0.1, 0.15) is 5.75 Å². The molecule has 0 unspecified atom stereocenters. The van der Waals surface area contributed by atoms with Crippen LogP contribution in [-0.4, -0.2) is 38.2 Å². The summed E-state index contributed by atoms with van der Waals surface area (Å²) in [4.78, 5) is 14.8. The normalized spacial score (nSPS) is 10.6. The molecule has 0 spiro atoms. The van der Waals surface area contributed by atoms with Gasteiger partial charge in [-0.25, -0.2) is 0 Å². The molecule has 0 saturated carbocycles. The quantitative estimate of drug-likeness (QED) is 0.655. The second-order valence-electron chi connectivity index (χ2n) is 6.74. The lowest BCUT2D eigenvalue weighted by Gasteiger charge is -2.22. The fourth-order valence-electron chi connectivity index (χ4n) is 2.64. The van der Waals surface area contributed by atoms with Crippen LogP contribution in [-0.2, 0) is 6.54 Å². The molecule has 0 bridgehead atoms. The second kappa shape index (κ2) is 9.86. The zero-order chi connectivity index (χ0) is 19.8. The summed E-state index contributed by atoms with van der Waals surface area (Å²) < 4.78 is 16.4. The van der Waals surface area contributed by atoms with Crippen molar-refractivity contribution in [3.63, 3.8) is 0 Å². The lowest BCUT2D eigenvalue weighted by molar-refractivity contribution is 0.0752. The van der Waals surface area contributed by atoms with Gasteiger partial charge in [0, 0.05) is 18.7 Å². The van der Waals surface area contributed by atoms with E-state index in [0.29, 0.717) is 42.7 Å². The summed E-state index contributed by atoms with van der Waals surface area (Å²) in [5.74, 6) is 2.40. The number of amides is 1. The van der Waals surface area contributed by atoms with Gasteiger partial charge in [0.15, 0.2) is 11.5 Å². The third-order valence-corrected chi connectivity index (χ3v) is 4.18. The monoisotopic (exact) mass is 371 g/mol. The van der Waals surface area contributed by atoms with Crippen molar-refractivity contribution in [1.82, 2.24) is 4.90 Å². The summed E-state index contributed by atoms with van der Waals surface area (Å²) in [6, 6.07) is 13.1. The largest absolute Gasteiger partial charge is 0.497 e. The Balaban J connectivity index is 2.15. The van der Waals surface area contributed by atoms with E-state index in [2.05, 4.69) is 13.8 Å². The Morgan fingerprint density at radius 1 is 1.00 bits per heavy atom. The van der Waals surface area contributed by atoms with Crippen molar-refractivity contribution in [3.8, 4) is 17.2 Å². The number of rotatable bonds is 9. The van der Waals surface area contributed by atoms with Gasteiger partial charge in [-0.15, -0.1) is 0 Å². The van der Waals surface area contributed by atoms with Gasteiger partial charge < -0.3 is 19.1 Å². The van der Waals surface area contributed by atoms with E-state index in [1.165, 1.54) is 0 Å². The molecular weight excluding hydrogens is 342 g/mol. The van der Waals surface area contributed by atoms with Gasteiger partial charge in [0.2, 0.25) is 0 Å². The van der Waals surface area contributed by atoms with Crippen molar-refractivity contribution in [2.45, 2.75) is 27.3 Å². The topological polar surface area (TPSA) is 48.0 Å². The molecule has 27 heavy (non-hydrogen) atoms. The van der Waals surface area contributed by atoms with Crippen LogP contribution in [0.25, 0.3) is 0 Å². The van der Waals surface area contributed by atoms with Gasteiger partial charge in [0.25, 0.3) is 5.91 Å². The average molecular weight is 371 g/mol. The first-order chi connectivity index (χ1) is 13.0. The highest BCUT2D eigenvalue weighted by molar-refractivity contribution is 5.94. The Morgan fingerprint density at radius 2 is 1.70 bits per heavy atom. The zero-order valence-electron chi connectivity index (χ0n) is 16.8. The molecule has 0 atom stereocenters. The molecule has 2 aromatic rings. The Hall–Kier alpha value is -2.69. The Labute approximate surface area is 161 Å². The molecule has 2 aromatic carbocycles. The summed E-state index contributed by atoms with van der Waals surface area (Å²) in [6.07, 6.45) is 0. The van der Waals surface area contributed by atoms with Gasteiger partial charge in [-0.2, -0.15) is 0 Å². The number of methoxy groups -OCH3 is 2. The van der Waals surface area contributed by atoms with E-state index in [-0.39, 0.29) is 5.91 Å². The third kappa shape index (κ3) is 5.64. The summed E-state index contributed by atoms with van der Waals surface area (Å²) in [6.45, 7) is 7.89. The van der Waals surface area contributed by atoms with E-state index in [1.807, 2.05) is 31.2 Å². The van der Waals surface area contributed by atoms with E-state index >= 15 is 0 Å². The number of hydrogen-bond acceptors (Lipinski definition) is 4. The molecular formula is C22H29NO4. The van der Waals surface area contributed by atoms with Gasteiger partial charge in [0.05, 0.1) is 20.8 Å².